The van der Waals surface area contributed by atoms with Crippen molar-refractivity contribution in [2.45, 2.75) is 43.2 Å². The van der Waals surface area contributed by atoms with Crippen molar-refractivity contribution in [2.24, 2.45) is 5.92 Å². The molecule has 4 atom stereocenters. The molecule has 5 heterocycles. The van der Waals surface area contributed by atoms with Crippen molar-refractivity contribution < 1.29 is 56.1 Å². The number of rotatable bonds is 5. The Labute approximate surface area is 339 Å². The molecule has 0 radical (unpaired) electrons. The second kappa shape index (κ2) is 16.4. The standard InChI is InChI=1S/C39H36Cl2F3N5O9/c1-56-37(54)23-16-46(17-23)36(53)33-31-11-12-47(33)35(52)21-5-8-28(9-6-21)57-20-27-14-25(45-34(51)22-3-2-4-24(40)13-22)18-48(27)32(50)19-49(38(55)58-31)26-7-10-30(41)29(15-26)39(42,43)44/h2-10,13,15,23,25,27,31,33H,11-12,14,16-20H2,1H3,(H,45,51)/t25-,27+,31+,33+/m1/s1. The molecule has 3 saturated heterocycles. The highest BCUT2D eigenvalue weighted by Gasteiger charge is 2.50. The summed E-state index contributed by atoms with van der Waals surface area (Å²) in [7, 11) is 1.22. The fourth-order valence-corrected chi connectivity index (χ4v) is 8.00. The molecule has 19 heteroatoms. The Kier molecular flexibility index (Phi) is 11.5. The maximum atomic E-state index is 14.3. The van der Waals surface area contributed by atoms with Crippen molar-refractivity contribution in [2.75, 3.05) is 51.3 Å². The van der Waals surface area contributed by atoms with E-state index in [-0.39, 0.29) is 62.4 Å². The lowest BCUT2D eigenvalue weighted by Gasteiger charge is -2.41. The van der Waals surface area contributed by atoms with Crippen LogP contribution in [0.15, 0.2) is 66.7 Å². The number of carbonyl (C=O) groups excluding carboxylic acids is 6. The summed E-state index contributed by atoms with van der Waals surface area (Å²) in [5, 5.41) is 2.58. The van der Waals surface area contributed by atoms with Crippen LogP contribution < -0.4 is 15.0 Å². The molecule has 0 aliphatic carbocycles. The number of carbonyl (C=O) groups is 6. The minimum absolute atomic E-state index is 0.0140. The second-order valence-electron chi connectivity index (χ2n) is 14.3. The van der Waals surface area contributed by atoms with Gasteiger partial charge in [-0.2, -0.15) is 13.2 Å². The van der Waals surface area contributed by atoms with E-state index >= 15 is 0 Å². The number of nitrogens with one attached hydrogen (secondary N) is 1. The Balaban J connectivity index is 1.23. The number of halogens is 5. The number of hydrogen-bond acceptors (Lipinski definition) is 9. The number of methoxy groups -OCH3 is 1. The predicted molar refractivity (Wildman–Crippen MR) is 200 cm³/mol. The number of hydrogen-bond donors (Lipinski definition) is 1. The Morgan fingerprint density at radius 1 is 0.931 bits per heavy atom. The van der Waals surface area contributed by atoms with Gasteiger partial charge in [0.2, 0.25) is 11.8 Å². The number of fused-ring (bicyclic) bond motifs is 7. The van der Waals surface area contributed by atoms with E-state index in [9.17, 15) is 41.9 Å². The summed E-state index contributed by atoms with van der Waals surface area (Å²) in [5.74, 6) is -3.17. The predicted octanol–water partition coefficient (Wildman–Crippen LogP) is 4.66. The SMILES string of the molecule is COC(=O)C1CN(C(=O)[C@@H]2[C@@H]3CCN2C(=O)c2ccc(cc2)OC[C@@H]2C[C@@H](NC(=O)c4cccc(Cl)c4)CN2C(=O)CN(c2ccc(Cl)c(C(F)(F)F)c2)C(=O)O3)C1. The molecule has 4 bridgehead atoms. The van der Waals surface area contributed by atoms with Crippen molar-refractivity contribution in [3.8, 4) is 5.75 Å². The number of alkyl halides is 3. The summed E-state index contributed by atoms with van der Waals surface area (Å²) in [5.41, 5.74) is -1.21. The maximum Gasteiger partial charge on any atom is 0.417 e. The summed E-state index contributed by atoms with van der Waals surface area (Å²) in [4.78, 5) is 86.5. The van der Waals surface area contributed by atoms with E-state index < -0.39 is 89.1 Å². The monoisotopic (exact) mass is 845 g/mol. The average molecular weight is 847 g/mol. The first-order valence-electron chi connectivity index (χ1n) is 18.2. The van der Waals surface area contributed by atoms with Gasteiger partial charge in [0.25, 0.3) is 11.8 Å². The Morgan fingerprint density at radius 2 is 1.67 bits per heavy atom. The van der Waals surface area contributed by atoms with Gasteiger partial charge in [-0.1, -0.05) is 29.3 Å². The van der Waals surface area contributed by atoms with Crippen LogP contribution in [0.5, 0.6) is 5.75 Å². The Morgan fingerprint density at radius 3 is 2.36 bits per heavy atom. The zero-order chi connectivity index (χ0) is 41.5. The molecule has 1 N–H and O–H groups in total. The van der Waals surface area contributed by atoms with Gasteiger partial charge in [-0.25, -0.2) is 4.79 Å². The minimum atomic E-state index is -4.94. The van der Waals surface area contributed by atoms with Crippen LogP contribution in [0.3, 0.4) is 0 Å². The molecule has 14 nitrogen and oxygen atoms in total. The van der Waals surface area contributed by atoms with E-state index in [1.807, 2.05) is 0 Å². The van der Waals surface area contributed by atoms with Gasteiger partial charge >= 0.3 is 18.2 Å². The van der Waals surface area contributed by atoms with Gasteiger partial charge in [0.15, 0.2) is 0 Å². The third-order valence-electron chi connectivity index (χ3n) is 10.6. The third-order valence-corrected chi connectivity index (χ3v) is 11.2. The summed E-state index contributed by atoms with van der Waals surface area (Å²) < 4.78 is 59.0. The van der Waals surface area contributed by atoms with Crippen molar-refractivity contribution >= 4 is 64.6 Å². The van der Waals surface area contributed by atoms with Crippen LogP contribution in [0.1, 0.15) is 39.1 Å². The lowest BCUT2D eigenvalue weighted by Crippen LogP contribution is -2.60. The lowest BCUT2D eigenvalue weighted by atomic mass is 9.98. The summed E-state index contributed by atoms with van der Waals surface area (Å²) in [6.07, 6.45) is -7.36. The largest absolute Gasteiger partial charge is 0.491 e. The normalized spacial score (nSPS) is 22.8. The lowest BCUT2D eigenvalue weighted by molar-refractivity contribution is -0.158. The molecule has 306 valence electrons. The molecule has 0 unspecified atom stereocenters. The fraction of sp³-hybridized carbons (Fsp3) is 0.385. The quantitative estimate of drug-likeness (QED) is 0.361. The molecule has 58 heavy (non-hydrogen) atoms. The summed E-state index contributed by atoms with van der Waals surface area (Å²) in [6.45, 7) is -1.06. The van der Waals surface area contributed by atoms with Gasteiger partial charge in [0, 0.05) is 60.5 Å². The van der Waals surface area contributed by atoms with E-state index in [1.54, 1.807) is 30.3 Å². The van der Waals surface area contributed by atoms with Crippen molar-refractivity contribution in [3.05, 3.63) is 93.5 Å². The zero-order valence-electron chi connectivity index (χ0n) is 30.7. The highest BCUT2D eigenvalue weighted by molar-refractivity contribution is 6.31. The first-order chi connectivity index (χ1) is 27.6. The first-order valence-corrected chi connectivity index (χ1v) is 19.0. The van der Waals surface area contributed by atoms with Crippen LogP contribution >= 0.6 is 23.2 Å². The Hall–Kier alpha value is -5.55. The van der Waals surface area contributed by atoms with Crippen molar-refractivity contribution in [1.29, 1.82) is 0 Å². The van der Waals surface area contributed by atoms with Crippen LogP contribution in [0, 0.1) is 5.92 Å². The van der Waals surface area contributed by atoms with E-state index in [0.717, 1.165) is 12.1 Å². The molecule has 5 amide bonds. The van der Waals surface area contributed by atoms with Crippen LogP contribution in [0.25, 0.3) is 0 Å². The molecule has 0 saturated carbocycles. The van der Waals surface area contributed by atoms with E-state index in [0.29, 0.717) is 21.7 Å². The first kappa shape index (κ1) is 40.6. The number of amides is 5. The molecule has 0 spiro atoms. The maximum absolute atomic E-state index is 14.3. The third kappa shape index (κ3) is 8.36. The minimum Gasteiger partial charge on any atom is -0.491 e. The smallest absolute Gasteiger partial charge is 0.417 e. The van der Waals surface area contributed by atoms with Crippen LogP contribution in [0.4, 0.5) is 23.7 Å². The molecular weight excluding hydrogens is 810 g/mol. The fourth-order valence-electron chi connectivity index (χ4n) is 7.58. The van der Waals surface area contributed by atoms with Crippen molar-refractivity contribution in [1.82, 2.24) is 20.0 Å². The van der Waals surface area contributed by atoms with Crippen LogP contribution in [0.2, 0.25) is 10.0 Å². The molecule has 5 aliphatic rings. The number of esters is 1. The molecule has 8 rings (SSSR count). The van der Waals surface area contributed by atoms with Gasteiger partial charge < -0.3 is 34.2 Å². The summed E-state index contributed by atoms with van der Waals surface area (Å²) >= 11 is 12.0. The van der Waals surface area contributed by atoms with Crippen LogP contribution in [-0.2, 0) is 30.0 Å². The number of ether oxygens (including phenoxy) is 3. The molecule has 0 aromatic heterocycles. The average Bonchev–Trinajstić information content (AvgIpc) is 3.78. The topological polar surface area (TPSA) is 155 Å². The number of nitrogens with zero attached hydrogens (tertiary/aromatic N) is 4. The molecule has 5 aliphatic heterocycles. The molecule has 3 fully saturated rings. The van der Waals surface area contributed by atoms with E-state index in [4.69, 9.17) is 37.4 Å². The number of benzene rings is 3. The van der Waals surface area contributed by atoms with Gasteiger partial charge in [-0.05, 0) is 67.1 Å². The van der Waals surface area contributed by atoms with E-state index in [1.165, 1.54) is 40.0 Å². The van der Waals surface area contributed by atoms with Gasteiger partial charge in [0.1, 0.15) is 31.0 Å². The molecule has 3 aromatic carbocycles. The van der Waals surface area contributed by atoms with Gasteiger partial charge in [0.05, 0.1) is 29.7 Å². The van der Waals surface area contributed by atoms with Crippen molar-refractivity contribution in [3.63, 3.8) is 0 Å². The van der Waals surface area contributed by atoms with Gasteiger partial charge in [-0.15, -0.1) is 0 Å². The second-order valence-corrected chi connectivity index (χ2v) is 15.2. The van der Waals surface area contributed by atoms with E-state index in [2.05, 4.69) is 5.32 Å². The Bertz CT molecular complexity index is 2140. The number of likely N-dealkylation sites (tertiary alicyclic amines) is 1. The number of anilines is 1. The summed E-state index contributed by atoms with van der Waals surface area (Å²) in [6, 6.07) is 12.3. The van der Waals surface area contributed by atoms with Crippen LogP contribution in [-0.4, -0.2) is 121 Å². The zero-order valence-corrected chi connectivity index (χ0v) is 32.3. The van der Waals surface area contributed by atoms with Gasteiger partial charge in [-0.3, -0.25) is 28.9 Å². The highest BCUT2D eigenvalue weighted by Crippen LogP contribution is 2.38. The highest BCUT2D eigenvalue weighted by atomic mass is 35.5. The molecular formula is C39H36Cl2F3N5O9. The molecule has 3 aromatic rings.